The Balaban J connectivity index is 3.00. The first-order chi connectivity index (χ1) is 8.83. The van der Waals surface area contributed by atoms with Crippen molar-refractivity contribution >= 4 is 5.91 Å². The summed E-state index contributed by atoms with van der Waals surface area (Å²) in [7, 11) is 0. The Hall–Kier alpha value is -1.55. The molecule has 0 spiro atoms. The average Bonchev–Trinajstić information content (AvgIpc) is 2.39. The van der Waals surface area contributed by atoms with Crippen molar-refractivity contribution in [3.8, 4) is 5.75 Å². The van der Waals surface area contributed by atoms with Crippen molar-refractivity contribution in [1.82, 2.24) is 4.90 Å². The highest BCUT2D eigenvalue weighted by Crippen LogP contribution is 2.27. The van der Waals surface area contributed by atoms with E-state index < -0.39 is 5.41 Å². The lowest BCUT2D eigenvalue weighted by Crippen LogP contribution is -2.45. The van der Waals surface area contributed by atoms with E-state index in [0.717, 1.165) is 5.56 Å². The topological polar surface area (TPSA) is 66.6 Å². The fraction of sp³-hybridized carbons (Fsp3) is 0.533. The number of amides is 1. The average molecular weight is 264 g/mol. The van der Waals surface area contributed by atoms with Crippen LogP contribution < -0.4 is 5.73 Å². The SMILES string of the molecule is CCN(C(=O)C(C)(C)CN)C(C)c1cccc(O)c1. The quantitative estimate of drug-likeness (QED) is 0.857. The van der Waals surface area contributed by atoms with E-state index >= 15 is 0 Å². The van der Waals surface area contributed by atoms with E-state index in [0.29, 0.717) is 13.1 Å². The van der Waals surface area contributed by atoms with Crippen LogP contribution in [0, 0.1) is 5.41 Å². The number of nitrogens with two attached hydrogens (primary N) is 1. The van der Waals surface area contributed by atoms with Gasteiger partial charge in [-0.25, -0.2) is 0 Å². The molecule has 1 amide bonds. The largest absolute Gasteiger partial charge is 0.508 e. The van der Waals surface area contributed by atoms with Crippen LogP contribution in [0.3, 0.4) is 0 Å². The first-order valence-electron chi connectivity index (χ1n) is 6.63. The molecule has 0 saturated carbocycles. The molecule has 4 heteroatoms. The van der Waals surface area contributed by atoms with Gasteiger partial charge in [0.05, 0.1) is 11.5 Å². The third-order valence-electron chi connectivity index (χ3n) is 3.51. The Morgan fingerprint density at radius 3 is 2.58 bits per heavy atom. The molecule has 1 aromatic rings. The Morgan fingerprint density at radius 2 is 2.11 bits per heavy atom. The highest BCUT2D eigenvalue weighted by Gasteiger charge is 2.32. The van der Waals surface area contributed by atoms with Gasteiger partial charge in [0, 0.05) is 13.1 Å². The summed E-state index contributed by atoms with van der Waals surface area (Å²) in [6, 6.07) is 6.92. The van der Waals surface area contributed by atoms with Crippen LogP contribution in [0.2, 0.25) is 0 Å². The van der Waals surface area contributed by atoms with E-state index in [9.17, 15) is 9.90 Å². The normalized spacial score (nSPS) is 13.1. The van der Waals surface area contributed by atoms with E-state index in [1.54, 1.807) is 23.1 Å². The minimum atomic E-state index is -0.568. The Bertz CT molecular complexity index is 444. The third kappa shape index (κ3) is 3.47. The summed E-state index contributed by atoms with van der Waals surface area (Å²) >= 11 is 0. The van der Waals surface area contributed by atoms with Gasteiger partial charge in [-0.05, 0) is 45.4 Å². The molecule has 1 aromatic carbocycles. The summed E-state index contributed by atoms with van der Waals surface area (Å²) in [5.74, 6) is 0.249. The summed E-state index contributed by atoms with van der Waals surface area (Å²) < 4.78 is 0. The van der Waals surface area contributed by atoms with Gasteiger partial charge < -0.3 is 15.7 Å². The van der Waals surface area contributed by atoms with Crippen molar-refractivity contribution in [3.63, 3.8) is 0 Å². The van der Waals surface area contributed by atoms with Crippen molar-refractivity contribution < 1.29 is 9.90 Å². The van der Waals surface area contributed by atoms with Crippen LogP contribution >= 0.6 is 0 Å². The van der Waals surface area contributed by atoms with E-state index in [2.05, 4.69) is 0 Å². The maximum Gasteiger partial charge on any atom is 0.229 e. The lowest BCUT2D eigenvalue weighted by atomic mass is 9.90. The van der Waals surface area contributed by atoms with Crippen LogP contribution in [-0.2, 0) is 4.79 Å². The van der Waals surface area contributed by atoms with Crippen LogP contribution in [0.1, 0.15) is 39.3 Å². The monoisotopic (exact) mass is 264 g/mol. The number of hydrogen-bond acceptors (Lipinski definition) is 3. The van der Waals surface area contributed by atoms with Gasteiger partial charge in [0.15, 0.2) is 0 Å². The first kappa shape index (κ1) is 15.5. The molecule has 0 aliphatic carbocycles. The van der Waals surface area contributed by atoms with Gasteiger partial charge >= 0.3 is 0 Å². The van der Waals surface area contributed by atoms with E-state index in [-0.39, 0.29) is 17.7 Å². The number of phenolic OH excluding ortho intramolecular Hbond substituents is 1. The molecule has 1 atom stereocenters. The minimum absolute atomic E-state index is 0.0355. The van der Waals surface area contributed by atoms with Crippen LogP contribution in [0.5, 0.6) is 5.75 Å². The van der Waals surface area contributed by atoms with Crippen LogP contribution in [0.25, 0.3) is 0 Å². The number of nitrogens with zero attached hydrogens (tertiary/aromatic N) is 1. The summed E-state index contributed by atoms with van der Waals surface area (Å²) in [5, 5.41) is 9.54. The molecule has 0 bridgehead atoms. The van der Waals surface area contributed by atoms with E-state index in [4.69, 9.17) is 5.73 Å². The zero-order valence-electron chi connectivity index (χ0n) is 12.2. The summed E-state index contributed by atoms with van der Waals surface area (Å²) in [4.78, 5) is 14.3. The van der Waals surface area contributed by atoms with Crippen LogP contribution in [0.15, 0.2) is 24.3 Å². The molecular formula is C15H24N2O2. The van der Waals surface area contributed by atoms with Crippen molar-refractivity contribution in [1.29, 1.82) is 0 Å². The first-order valence-corrected chi connectivity index (χ1v) is 6.63. The van der Waals surface area contributed by atoms with Crippen molar-refractivity contribution in [2.75, 3.05) is 13.1 Å². The van der Waals surface area contributed by atoms with Gasteiger partial charge in [-0.1, -0.05) is 12.1 Å². The van der Waals surface area contributed by atoms with Gasteiger partial charge in [0.25, 0.3) is 0 Å². The molecule has 0 aliphatic heterocycles. The van der Waals surface area contributed by atoms with Gasteiger partial charge in [0.1, 0.15) is 5.75 Å². The lowest BCUT2D eigenvalue weighted by Gasteiger charge is -2.35. The Kier molecular flexibility index (Phi) is 4.95. The van der Waals surface area contributed by atoms with Gasteiger partial charge in [0.2, 0.25) is 5.91 Å². The summed E-state index contributed by atoms with van der Waals surface area (Å²) in [6.45, 7) is 8.54. The highest BCUT2D eigenvalue weighted by atomic mass is 16.3. The maximum absolute atomic E-state index is 12.5. The van der Waals surface area contributed by atoms with E-state index in [1.807, 2.05) is 33.8 Å². The second-order valence-electron chi connectivity index (χ2n) is 5.45. The van der Waals surface area contributed by atoms with Crippen LogP contribution in [-0.4, -0.2) is 29.0 Å². The minimum Gasteiger partial charge on any atom is -0.508 e. The summed E-state index contributed by atoms with van der Waals surface area (Å²) in [5.41, 5.74) is 6.03. The second kappa shape index (κ2) is 6.06. The molecule has 4 nitrogen and oxygen atoms in total. The van der Waals surface area contributed by atoms with Crippen molar-refractivity contribution in [2.24, 2.45) is 11.1 Å². The number of carbonyl (C=O) groups excluding carboxylic acids is 1. The maximum atomic E-state index is 12.5. The molecule has 3 N–H and O–H groups in total. The second-order valence-corrected chi connectivity index (χ2v) is 5.45. The molecule has 0 saturated heterocycles. The predicted octanol–water partition coefficient (Wildman–Crippen LogP) is 2.29. The number of aromatic hydroxyl groups is 1. The standard InChI is InChI=1S/C15H24N2O2/c1-5-17(14(19)15(3,4)10-16)11(2)12-7-6-8-13(18)9-12/h6-9,11,18H,5,10,16H2,1-4H3. The summed E-state index contributed by atoms with van der Waals surface area (Å²) in [6.07, 6.45) is 0. The van der Waals surface area contributed by atoms with Gasteiger partial charge in [-0.2, -0.15) is 0 Å². The zero-order valence-corrected chi connectivity index (χ0v) is 12.2. The molecule has 19 heavy (non-hydrogen) atoms. The number of carbonyl (C=O) groups is 1. The molecule has 0 aliphatic rings. The number of phenols is 1. The van der Waals surface area contributed by atoms with Gasteiger partial charge in [-0.3, -0.25) is 4.79 Å². The van der Waals surface area contributed by atoms with Crippen molar-refractivity contribution in [3.05, 3.63) is 29.8 Å². The Morgan fingerprint density at radius 1 is 1.47 bits per heavy atom. The molecule has 0 radical (unpaired) electrons. The number of benzene rings is 1. The number of rotatable bonds is 5. The zero-order chi connectivity index (χ0) is 14.6. The molecular weight excluding hydrogens is 240 g/mol. The number of hydrogen-bond donors (Lipinski definition) is 2. The molecule has 0 aromatic heterocycles. The molecule has 1 rings (SSSR count). The third-order valence-corrected chi connectivity index (χ3v) is 3.51. The fourth-order valence-corrected chi connectivity index (χ4v) is 2.03. The van der Waals surface area contributed by atoms with E-state index in [1.165, 1.54) is 0 Å². The van der Waals surface area contributed by atoms with Crippen molar-refractivity contribution in [2.45, 2.75) is 33.7 Å². The fourth-order valence-electron chi connectivity index (χ4n) is 2.03. The van der Waals surface area contributed by atoms with Gasteiger partial charge in [-0.15, -0.1) is 0 Å². The lowest BCUT2D eigenvalue weighted by molar-refractivity contribution is -0.141. The smallest absolute Gasteiger partial charge is 0.229 e. The predicted molar refractivity (Wildman–Crippen MR) is 76.7 cm³/mol. The molecule has 1 unspecified atom stereocenters. The molecule has 106 valence electrons. The molecule has 0 heterocycles. The highest BCUT2D eigenvalue weighted by molar-refractivity contribution is 5.82. The Labute approximate surface area is 115 Å². The van der Waals surface area contributed by atoms with Crippen LogP contribution in [0.4, 0.5) is 0 Å². The molecule has 0 fully saturated rings.